The van der Waals surface area contributed by atoms with E-state index in [1.54, 1.807) is 0 Å². The molecule has 0 aliphatic carbocycles. The average molecular weight is 311 g/mol. The maximum absolute atomic E-state index is 12.1. The molecule has 2 bridgehead atoms. The molecule has 1 fully saturated rings. The molecule has 3 atom stereocenters. The number of ether oxygens (including phenoxy) is 1. The van der Waals surface area contributed by atoms with Gasteiger partial charge in [-0.15, -0.1) is 0 Å². The van der Waals surface area contributed by atoms with Gasteiger partial charge in [-0.05, 0) is 37.9 Å². The van der Waals surface area contributed by atoms with Crippen molar-refractivity contribution < 1.29 is 14.0 Å². The van der Waals surface area contributed by atoms with Gasteiger partial charge in [-0.25, -0.2) is 0 Å². The highest BCUT2D eigenvalue weighted by Crippen LogP contribution is 2.39. The molecule has 0 N–H and O–H groups in total. The van der Waals surface area contributed by atoms with E-state index in [9.17, 15) is 4.79 Å². The third kappa shape index (κ3) is 3.85. The van der Waals surface area contributed by atoms with E-state index in [1.165, 1.54) is 5.57 Å². The van der Waals surface area contributed by atoms with Crippen LogP contribution in [0.4, 0.5) is 0 Å². The molecule has 2 aliphatic rings. The second kappa shape index (κ2) is 5.97. The van der Waals surface area contributed by atoms with E-state index in [-0.39, 0.29) is 29.1 Å². The summed E-state index contributed by atoms with van der Waals surface area (Å²) < 4.78 is 12.6. The van der Waals surface area contributed by atoms with Crippen molar-refractivity contribution in [3.05, 3.63) is 11.6 Å². The van der Waals surface area contributed by atoms with Gasteiger partial charge in [0, 0.05) is 12.8 Å². The molecule has 4 heteroatoms. The summed E-state index contributed by atoms with van der Waals surface area (Å²) >= 11 is 0. The molecule has 2 rings (SSSR count). The third-order valence-corrected chi connectivity index (χ3v) is 9.72. The minimum absolute atomic E-state index is 0.0454. The lowest BCUT2D eigenvalue weighted by Gasteiger charge is -2.40. The first kappa shape index (κ1) is 16.9. The Balaban J connectivity index is 2.17. The summed E-state index contributed by atoms with van der Waals surface area (Å²) in [6.45, 7) is 13.4. The third-order valence-electron chi connectivity index (χ3n) is 5.22. The van der Waals surface area contributed by atoms with Crippen LogP contribution in [0.3, 0.4) is 0 Å². The van der Waals surface area contributed by atoms with Crippen molar-refractivity contribution in [1.82, 2.24) is 0 Å². The quantitative estimate of drug-likeness (QED) is 0.565. The monoisotopic (exact) mass is 310 g/mol. The van der Waals surface area contributed by atoms with Crippen LogP contribution in [0.25, 0.3) is 0 Å². The first-order valence-corrected chi connectivity index (χ1v) is 11.0. The number of hydrogen-bond acceptors (Lipinski definition) is 3. The van der Waals surface area contributed by atoms with Crippen molar-refractivity contribution in [3.8, 4) is 0 Å². The zero-order valence-corrected chi connectivity index (χ0v) is 15.4. The van der Waals surface area contributed by atoms with Gasteiger partial charge in [-0.3, -0.25) is 4.79 Å². The Morgan fingerprint density at radius 3 is 2.57 bits per heavy atom. The number of carbonyl (C=O) groups excluding carboxylic acids is 1. The smallest absolute Gasteiger partial charge is 0.192 e. The minimum atomic E-state index is -1.84. The SMILES string of the molecule is C/C1=C/CC[C@H](O[Si](C)(C)C(C)(C)C)C2CC(=O)[C@@H](C1)O2. The highest BCUT2D eigenvalue weighted by atomic mass is 28.4. The summed E-state index contributed by atoms with van der Waals surface area (Å²) in [7, 11) is -1.84. The summed E-state index contributed by atoms with van der Waals surface area (Å²) in [5, 5.41) is 0.180. The number of fused-ring (bicyclic) bond motifs is 2. The lowest BCUT2D eigenvalue weighted by Crippen LogP contribution is -2.47. The Morgan fingerprint density at radius 1 is 1.29 bits per heavy atom. The zero-order valence-electron chi connectivity index (χ0n) is 14.4. The van der Waals surface area contributed by atoms with Gasteiger partial charge in [0.05, 0.1) is 12.2 Å². The molecule has 21 heavy (non-hydrogen) atoms. The first-order valence-electron chi connectivity index (χ1n) is 8.12. The van der Waals surface area contributed by atoms with E-state index in [4.69, 9.17) is 9.16 Å². The molecule has 0 spiro atoms. The first-order chi connectivity index (χ1) is 9.60. The largest absolute Gasteiger partial charge is 0.411 e. The number of rotatable bonds is 2. The highest BCUT2D eigenvalue weighted by molar-refractivity contribution is 6.74. The van der Waals surface area contributed by atoms with E-state index >= 15 is 0 Å². The molecule has 2 aliphatic heterocycles. The fourth-order valence-corrected chi connectivity index (χ4v) is 4.17. The second-order valence-corrected chi connectivity index (χ2v) is 12.8. The fraction of sp³-hybridized carbons (Fsp3) is 0.824. The second-order valence-electron chi connectivity index (χ2n) is 8.08. The van der Waals surface area contributed by atoms with Gasteiger partial charge in [-0.2, -0.15) is 0 Å². The average Bonchev–Trinajstić information content (AvgIpc) is 2.69. The van der Waals surface area contributed by atoms with Crippen LogP contribution in [0.15, 0.2) is 11.6 Å². The standard InChI is InChI=1S/C17H30O3Si/c1-12-8-7-9-14(20-21(5,6)17(2,3)4)16-11-13(18)15(10-12)19-16/h8,14-16H,7,9-11H2,1-6H3/b12-8-/t14-,15+,16?/m0/s1. The van der Waals surface area contributed by atoms with Gasteiger partial charge >= 0.3 is 0 Å². The molecule has 120 valence electrons. The van der Waals surface area contributed by atoms with Gasteiger partial charge in [-0.1, -0.05) is 32.4 Å². The van der Waals surface area contributed by atoms with Crippen LogP contribution in [0.2, 0.25) is 18.1 Å². The van der Waals surface area contributed by atoms with E-state index < -0.39 is 8.32 Å². The molecule has 0 saturated carbocycles. The van der Waals surface area contributed by atoms with Crippen molar-refractivity contribution in [3.63, 3.8) is 0 Å². The van der Waals surface area contributed by atoms with Crippen molar-refractivity contribution in [2.45, 2.75) is 89.8 Å². The van der Waals surface area contributed by atoms with Crippen LogP contribution >= 0.6 is 0 Å². The van der Waals surface area contributed by atoms with Crippen LogP contribution in [0.5, 0.6) is 0 Å². The zero-order chi connectivity index (χ0) is 15.8. The molecule has 1 unspecified atom stereocenters. The molecule has 1 saturated heterocycles. The van der Waals surface area contributed by atoms with E-state index in [2.05, 4.69) is 46.9 Å². The molecule has 0 aromatic rings. The lowest BCUT2D eigenvalue weighted by molar-refractivity contribution is -0.122. The van der Waals surface area contributed by atoms with Crippen LogP contribution < -0.4 is 0 Å². The van der Waals surface area contributed by atoms with Crippen LogP contribution in [0, 0.1) is 0 Å². The van der Waals surface area contributed by atoms with Crippen LogP contribution in [-0.2, 0) is 14.0 Å². The van der Waals surface area contributed by atoms with Crippen molar-refractivity contribution in [2.75, 3.05) is 0 Å². The maximum atomic E-state index is 12.1. The lowest BCUT2D eigenvalue weighted by atomic mass is 9.99. The molecule has 3 nitrogen and oxygen atoms in total. The predicted octanol–water partition coefficient (Wildman–Crippen LogP) is 4.23. The summed E-state index contributed by atoms with van der Waals surface area (Å²) in [5.41, 5.74) is 1.27. The summed E-state index contributed by atoms with van der Waals surface area (Å²) in [4.78, 5) is 12.1. The molecule has 0 aromatic heterocycles. The summed E-state index contributed by atoms with van der Waals surface area (Å²) in [6.07, 6.45) is 5.27. The Bertz CT molecular complexity index is 434. The Labute approximate surface area is 130 Å². The fourth-order valence-electron chi connectivity index (χ4n) is 2.79. The van der Waals surface area contributed by atoms with E-state index in [0.29, 0.717) is 6.42 Å². The number of Topliss-reactive ketones (excluding diaryl/α,β-unsaturated/α-hetero) is 1. The minimum Gasteiger partial charge on any atom is -0.411 e. The van der Waals surface area contributed by atoms with Gasteiger partial charge in [0.1, 0.15) is 6.10 Å². The van der Waals surface area contributed by atoms with Crippen LogP contribution in [-0.4, -0.2) is 32.4 Å². The number of carbonyl (C=O) groups is 1. The number of ketones is 1. The topological polar surface area (TPSA) is 35.5 Å². The maximum Gasteiger partial charge on any atom is 0.192 e. The molecular formula is C17H30O3Si. The molecule has 0 radical (unpaired) electrons. The predicted molar refractivity (Wildman–Crippen MR) is 88.0 cm³/mol. The van der Waals surface area contributed by atoms with Crippen LogP contribution in [0.1, 0.15) is 53.4 Å². The van der Waals surface area contributed by atoms with Crippen molar-refractivity contribution >= 4 is 14.1 Å². The van der Waals surface area contributed by atoms with Gasteiger partial charge in [0.25, 0.3) is 0 Å². The van der Waals surface area contributed by atoms with E-state index in [1.807, 2.05) is 0 Å². The Hall–Kier alpha value is -0.453. The van der Waals surface area contributed by atoms with Gasteiger partial charge in [0.15, 0.2) is 14.1 Å². The summed E-state index contributed by atoms with van der Waals surface area (Å²) in [6, 6.07) is 0. The molecule has 0 aromatic carbocycles. The molecule has 0 amide bonds. The normalized spacial score (nSPS) is 33.9. The summed E-state index contributed by atoms with van der Waals surface area (Å²) in [5.74, 6) is 0.249. The van der Waals surface area contributed by atoms with Crippen molar-refractivity contribution in [2.24, 2.45) is 0 Å². The molecule has 2 heterocycles. The van der Waals surface area contributed by atoms with E-state index in [0.717, 1.165) is 19.3 Å². The highest BCUT2D eigenvalue weighted by Gasteiger charge is 2.44. The number of allylic oxidation sites excluding steroid dienone is 1. The Morgan fingerprint density at radius 2 is 1.95 bits per heavy atom. The van der Waals surface area contributed by atoms with Crippen molar-refractivity contribution in [1.29, 1.82) is 0 Å². The Kier molecular flexibility index (Phi) is 4.81. The van der Waals surface area contributed by atoms with Gasteiger partial charge in [0.2, 0.25) is 0 Å². The van der Waals surface area contributed by atoms with Gasteiger partial charge < -0.3 is 9.16 Å². The number of hydrogen-bond donors (Lipinski definition) is 0. The molecular weight excluding hydrogens is 280 g/mol.